The van der Waals surface area contributed by atoms with Crippen molar-refractivity contribution in [1.82, 2.24) is 4.90 Å². The zero-order valence-electron chi connectivity index (χ0n) is 11.9. The largest absolute Gasteiger partial charge is 0.497 e. The molecule has 5 heteroatoms. The lowest BCUT2D eigenvalue weighted by molar-refractivity contribution is -0.119. The fourth-order valence-electron chi connectivity index (χ4n) is 2.57. The number of carbonyl (C=O) groups is 1. The number of nitrogens with zero attached hydrogens (tertiary/aromatic N) is 1. The highest BCUT2D eigenvalue weighted by Gasteiger charge is 2.20. The van der Waals surface area contributed by atoms with E-state index in [2.05, 4.69) is 11.0 Å². The highest BCUT2D eigenvalue weighted by molar-refractivity contribution is 5.75. The fourth-order valence-corrected chi connectivity index (χ4v) is 2.57. The molecule has 110 valence electrons. The SMILES string of the molecule is COc1cccc(CC2COCCN(CC(N)=O)C2)c1. The molecule has 0 spiro atoms. The summed E-state index contributed by atoms with van der Waals surface area (Å²) in [5, 5.41) is 0. The smallest absolute Gasteiger partial charge is 0.231 e. The van der Waals surface area contributed by atoms with Crippen LogP contribution in [0.5, 0.6) is 5.75 Å². The number of benzene rings is 1. The molecule has 0 saturated carbocycles. The number of nitrogens with two attached hydrogens (primary N) is 1. The van der Waals surface area contributed by atoms with Gasteiger partial charge < -0.3 is 15.2 Å². The number of hydrogen-bond acceptors (Lipinski definition) is 4. The van der Waals surface area contributed by atoms with Crippen LogP contribution >= 0.6 is 0 Å². The third-order valence-electron chi connectivity index (χ3n) is 3.46. The van der Waals surface area contributed by atoms with Gasteiger partial charge in [-0.3, -0.25) is 9.69 Å². The van der Waals surface area contributed by atoms with E-state index >= 15 is 0 Å². The van der Waals surface area contributed by atoms with Gasteiger partial charge in [-0.2, -0.15) is 0 Å². The van der Waals surface area contributed by atoms with Gasteiger partial charge in [-0.05, 0) is 30.0 Å². The average molecular weight is 278 g/mol. The molecule has 0 aromatic heterocycles. The minimum Gasteiger partial charge on any atom is -0.497 e. The molecule has 1 atom stereocenters. The Balaban J connectivity index is 1.97. The van der Waals surface area contributed by atoms with Crippen LogP contribution in [-0.2, 0) is 16.0 Å². The highest BCUT2D eigenvalue weighted by atomic mass is 16.5. The summed E-state index contributed by atoms with van der Waals surface area (Å²) in [5.41, 5.74) is 6.49. The number of hydrogen-bond donors (Lipinski definition) is 1. The molecule has 1 amide bonds. The van der Waals surface area contributed by atoms with Gasteiger partial charge in [0.05, 0.1) is 26.9 Å². The zero-order chi connectivity index (χ0) is 14.4. The Morgan fingerprint density at radius 2 is 2.40 bits per heavy atom. The Labute approximate surface area is 119 Å². The summed E-state index contributed by atoms with van der Waals surface area (Å²) in [4.78, 5) is 13.1. The molecule has 20 heavy (non-hydrogen) atoms. The van der Waals surface area contributed by atoms with Crippen molar-refractivity contribution in [1.29, 1.82) is 0 Å². The minimum absolute atomic E-state index is 0.285. The topological polar surface area (TPSA) is 64.8 Å². The van der Waals surface area contributed by atoms with Crippen LogP contribution in [0.25, 0.3) is 0 Å². The van der Waals surface area contributed by atoms with Gasteiger partial charge in [-0.1, -0.05) is 12.1 Å². The summed E-state index contributed by atoms with van der Waals surface area (Å²) in [6.07, 6.45) is 0.909. The second-order valence-corrected chi connectivity index (χ2v) is 5.20. The Morgan fingerprint density at radius 1 is 1.55 bits per heavy atom. The third-order valence-corrected chi connectivity index (χ3v) is 3.46. The van der Waals surface area contributed by atoms with Crippen LogP contribution in [0.2, 0.25) is 0 Å². The number of carbonyl (C=O) groups excluding carboxylic acids is 1. The van der Waals surface area contributed by atoms with Gasteiger partial charge in [0.25, 0.3) is 0 Å². The molecule has 1 aromatic rings. The molecule has 0 bridgehead atoms. The monoisotopic (exact) mass is 278 g/mol. The lowest BCUT2D eigenvalue weighted by Gasteiger charge is -2.22. The summed E-state index contributed by atoms with van der Waals surface area (Å²) >= 11 is 0. The van der Waals surface area contributed by atoms with E-state index in [9.17, 15) is 4.79 Å². The molecular weight excluding hydrogens is 256 g/mol. The highest BCUT2D eigenvalue weighted by Crippen LogP contribution is 2.18. The van der Waals surface area contributed by atoms with Crippen LogP contribution in [0, 0.1) is 5.92 Å². The van der Waals surface area contributed by atoms with Crippen LogP contribution in [0.4, 0.5) is 0 Å². The number of primary amides is 1. The van der Waals surface area contributed by atoms with Gasteiger partial charge in [0.2, 0.25) is 5.91 Å². The standard InChI is InChI=1S/C15H22N2O3/c1-19-14-4-2-3-12(8-14)7-13-9-17(10-15(16)18)5-6-20-11-13/h2-4,8,13H,5-7,9-11H2,1H3,(H2,16,18). The zero-order valence-corrected chi connectivity index (χ0v) is 11.9. The number of methoxy groups -OCH3 is 1. The van der Waals surface area contributed by atoms with Crippen molar-refractivity contribution in [2.75, 3.05) is 40.0 Å². The molecule has 1 aliphatic rings. The molecule has 1 unspecified atom stereocenters. The summed E-state index contributed by atoms with van der Waals surface area (Å²) in [6, 6.07) is 8.06. The molecule has 0 aliphatic carbocycles. The number of amides is 1. The predicted octanol–water partition coefficient (Wildman–Crippen LogP) is 0.671. The second kappa shape index (κ2) is 7.26. The molecule has 2 N–H and O–H groups in total. The van der Waals surface area contributed by atoms with E-state index in [4.69, 9.17) is 15.2 Å². The lowest BCUT2D eigenvalue weighted by Crippen LogP contribution is -2.37. The average Bonchev–Trinajstić information content (AvgIpc) is 2.63. The van der Waals surface area contributed by atoms with Crippen molar-refractivity contribution in [3.05, 3.63) is 29.8 Å². The molecular formula is C15H22N2O3. The molecule has 1 aliphatic heterocycles. The second-order valence-electron chi connectivity index (χ2n) is 5.20. The van der Waals surface area contributed by atoms with Crippen molar-refractivity contribution in [2.45, 2.75) is 6.42 Å². The Hall–Kier alpha value is -1.59. The van der Waals surface area contributed by atoms with E-state index in [1.54, 1.807) is 7.11 Å². The van der Waals surface area contributed by atoms with Gasteiger partial charge in [-0.25, -0.2) is 0 Å². The first-order valence-corrected chi connectivity index (χ1v) is 6.88. The van der Waals surface area contributed by atoms with Gasteiger partial charge in [0, 0.05) is 13.1 Å². The summed E-state index contributed by atoms with van der Waals surface area (Å²) in [7, 11) is 1.67. The molecule has 5 nitrogen and oxygen atoms in total. The predicted molar refractivity (Wildman–Crippen MR) is 76.6 cm³/mol. The maximum Gasteiger partial charge on any atom is 0.231 e. The maximum absolute atomic E-state index is 11.1. The fraction of sp³-hybridized carbons (Fsp3) is 0.533. The first-order chi connectivity index (χ1) is 9.67. The van der Waals surface area contributed by atoms with Crippen molar-refractivity contribution in [3.8, 4) is 5.75 Å². The Kier molecular flexibility index (Phi) is 5.38. The van der Waals surface area contributed by atoms with Crippen LogP contribution in [0.1, 0.15) is 5.56 Å². The summed E-state index contributed by atoms with van der Waals surface area (Å²) in [5.74, 6) is 0.946. The van der Waals surface area contributed by atoms with Crippen molar-refractivity contribution in [3.63, 3.8) is 0 Å². The van der Waals surface area contributed by atoms with Gasteiger partial charge >= 0.3 is 0 Å². The third kappa shape index (κ3) is 4.51. The lowest BCUT2D eigenvalue weighted by atomic mass is 9.99. The van der Waals surface area contributed by atoms with E-state index in [-0.39, 0.29) is 5.91 Å². The summed E-state index contributed by atoms with van der Waals surface area (Å²) in [6.45, 7) is 3.27. The Bertz CT molecular complexity index is 450. The Morgan fingerprint density at radius 3 is 3.15 bits per heavy atom. The normalized spacial score (nSPS) is 20.4. The van der Waals surface area contributed by atoms with Crippen LogP contribution in [-0.4, -0.2) is 50.8 Å². The molecule has 1 heterocycles. The summed E-state index contributed by atoms with van der Waals surface area (Å²) < 4.78 is 10.9. The van der Waals surface area contributed by atoms with E-state index in [0.717, 1.165) is 25.3 Å². The van der Waals surface area contributed by atoms with Crippen LogP contribution in [0.3, 0.4) is 0 Å². The van der Waals surface area contributed by atoms with Gasteiger partial charge in [-0.15, -0.1) is 0 Å². The van der Waals surface area contributed by atoms with Crippen molar-refractivity contribution >= 4 is 5.91 Å². The molecule has 1 saturated heterocycles. The van der Waals surface area contributed by atoms with E-state index in [0.29, 0.717) is 25.7 Å². The van der Waals surface area contributed by atoms with Crippen LogP contribution in [0.15, 0.2) is 24.3 Å². The van der Waals surface area contributed by atoms with E-state index in [1.807, 2.05) is 18.2 Å². The van der Waals surface area contributed by atoms with Crippen LogP contribution < -0.4 is 10.5 Å². The molecule has 1 fully saturated rings. The van der Waals surface area contributed by atoms with Crippen molar-refractivity contribution in [2.24, 2.45) is 11.7 Å². The number of rotatable bonds is 5. The van der Waals surface area contributed by atoms with Gasteiger partial charge in [0.1, 0.15) is 5.75 Å². The first-order valence-electron chi connectivity index (χ1n) is 6.88. The molecule has 1 aromatic carbocycles. The van der Waals surface area contributed by atoms with E-state index < -0.39 is 0 Å². The van der Waals surface area contributed by atoms with Crippen molar-refractivity contribution < 1.29 is 14.3 Å². The first kappa shape index (κ1) is 14.8. The number of ether oxygens (including phenoxy) is 2. The van der Waals surface area contributed by atoms with E-state index in [1.165, 1.54) is 5.56 Å². The van der Waals surface area contributed by atoms with Gasteiger partial charge in [0.15, 0.2) is 0 Å². The quantitative estimate of drug-likeness (QED) is 0.860. The minimum atomic E-state index is -0.285. The molecule has 2 rings (SSSR count). The molecule has 0 radical (unpaired) electrons. The maximum atomic E-state index is 11.1.